The van der Waals surface area contributed by atoms with Crippen LogP contribution in [0.4, 0.5) is 4.79 Å². The fraction of sp³-hybridized carbons (Fsp3) is 0.857. The van der Waals surface area contributed by atoms with Crippen LogP contribution in [0.25, 0.3) is 0 Å². The second-order valence-electron chi connectivity index (χ2n) is 6.07. The lowest BCUT2D eigenvalue weighted by Crippen LogP contribution is -2.57. The van der Waals surface area contributed by atoms with Gasteiger partial charge in [0.05, 0.1) is 0 Å². The van der Waals surface area contributed by atoms with E-state index in [4.69, 9.17) is 0 Å². The van der Waals surface area contributed by atoms with Gasteiger partial charge < -0.3 is 14.9 Å². The maximum Gasteiger partial charge on any atom is 0.326 e. The van der Waals surface area contributed by atoms with Crippen molar-refractivity contribution in [3.05, 3.63) is 0 Å². The maximum absolute atomic E-state index is 12.5. The second-order valence-corrected chi connectivity index (χ2v) is 6.07. The Balaban J connectivity index is 2.09. The van der Waals surface area contributed by atoms with Gasteiger partial charge in [-0.15, -0.1) is 0 Å². The molecule has 2 fully saturated rings. The molecular formula is C14H24N2O3. The predicted molar refractivity (Wildman–Crippen MR) is 71.9 cm³/mol. The second kappa shape index (κ2) is 5.80. The lowest BCUT2D eigenvalue weighted by molar-refractivity contribution is -0.145. The Morgan fingerprint density at radius 1 is 1.11 bits per heavy atom. The molecule has 2 heterocycles. The Morgan fingerprint density at radius 2 is 1.79 bits per heavy atom. The summed E-state index contributed by atoms with van der Waals surface area (Å²) >= 11 is 0. The van der Waals surface area contributed by atoms with Crippen LogP contribution < -0.4 is 0 Å². The highest BCUT2D eigenvalue weighted by Crippen LogP contribution is 2.26. The summed E-state index contributed by atoms with van der Waals surface area (Å²) < 4.78 is 0. The molecule has 3 unspecified atom stereocenters. The van der Waals surface area contributed by atoms with Gasteiger partial charge in [0.2, 0.25) is 0 Å². The van der Waals surface area contributed by atoms with Crippen LogP contribution in [0.5, 0.6) is 0 Å². The van der Waals surface area contributed by atoms with Gasteiger partial charge in [-0.2, -0.15) is 0 Å². The molecule has 0 bridgehead atoms. The Hall–Kier alpha value is -1.26. The minimum absolute atomic E-state index is 0.0393. The zero-order valence-corrected chi connectivity index (χ0v) is 11.8. The summed E-state index contributed by atoms with van der Waals surface area (Å²) in [5.74, 6) is -0.314. The van der Waals surface area contributed by atoms with Crippen molar-refractivity contribution in [3.8, 4) is 0 Å². The van der Waals surface area contributed by atoms with Crippen LogP contribution >= 0.6 is 0 Å². The average Bonchev–Trinajstić information content (AvgIpc) is 2.37. The van der Waals surface area contributed by atoms with Gasteiger partial charge in [-0.1, -0.05) is 13.8 Å². The summed E-state index contributed by atoms with van der Waals surface area (Å²) in [6.07, 6.45) is 3.97. The van der Waals surface area contributed by atoms with Crippen LogP contribution in [0.2, 0.25) is 0 Å². The quantitative estimate of drug-likeness (QED) is 0.791. The fourth-order valence-corrected chi connectivity index (χ4v) is 3.32. The molecule has 5 nitrogen and oxygen atoms in total. The van der Waals surface area contributed by atoms with E-state index < -0.39 is 12.0 Å². The van der Waals surface area contributed by atoms with Gasteiger partial charge in [0.25, 0.3) is 0 Å². The third-order valence-electron chi connectivity index (χ3n) is 4.36. The molecule has 0 aromatic carbocycles. The molecule has 2 amide bonds. The molecule has 2 aliphatic rings. The fourth-order valence-electron chi connectivity index (χ4n) is 3.32. The summed E-state index contributed by atoms with van der Waals surface area (Å²) in [4.78, 5) is 27.4. The van der Waals surface area contributed by atoms with E-state index >= 15 is 0 Å². The smallest absolute Gasteiger partial charge is 0.326 e. The van der Waals surface area contributed by atoms with Gasteiger partial charge in [-0.25, -0.2) is 9.59 Å². The highest BCUT2D eigenvalue weighted by atomic mass is 16.4. The third-order valence-corrected chi connectivity index (χ3v) is 4.36. The lowest BCUT2D eigenvalue weighted by Gasteiger charge is -2.41. The number of hydrogen-bond acceptors (Lipinski definition) is 2. The number of aliphatic carboxylic acids is 1. The molecule has 0 aromatic rings. The van der Waals surface area contributed by atoms with Crippen molar-refractivity contribution in [2.24, 2.45) is 11.8 Å². The van der Waals surface area contributed by atoms with E-state index in [-0.39, 0.29) is 11.9 Å². The highest BCUT2D eigenvalue weighted by molar-refractivity contribution is 5.83. The lowest BCUT2D eigenvalue weighted by atomic mass is 9.91. The van der Waals surface area contributed by atoms with Gasteiger partial charge in [-0.05, 0) is 37.5 Å². The first-order chi connectivity index (χ1) is 9.00. The number of rotatable bonds is 1. The first-order valence-corrected chi connectivity index (χ1v) is 7.29. The first-order valence-electron chi connectivity index (χ1n) is 7.29. The van der Waals surface area contributed by atoms with Crippen LogP contribution in [0.1, 0.15) is 39.5 Å². The molecule has 1 N–H and O–H groups in total. The van der Waals surface area contributed by atoms with E-state index in [1.807, 2.05) is 11.8 Å². The highest BCUT2D eigenvalue weighted by Gasteiger charge is 2.39. The summed E-state index contributed by atoms with van der Waals surface area (Å²) in [6.45, 7) is 6.17. The van der Waals surface area contributed by atoms with Gasteiger partial charge in [0.15, 0.2) is 0 Å². The van der Waals surface area contributed by atoms with Crippen LogP contribution in [0, 0.1) is 11.8 Å². The Bertz CT molecular complexity index is 359. The SMILES string of the molecule is CC1CCCN(C(=O)N2CCCC(C)C2C(=O)O)C1. The Morgan fingerprint density at radius 3 is 2.42 bits per heavy atom. The summed E-state index contributed by atoms with van der Waals surface area (Å²) in [5.41, 5.74) is 0. The van der Waals surface area contributed by atoms with E-state index in [0.29, 0.717) is 12.5 Å². The number of amides is 2. The van der Waals surface area contributed by atoms with Gasteiger partial charge >= 0.3 is 12.0 Å². The molecule has 19 heavy (non-hydrogen) atoms. The molecule has 0 aromatic heterocycles. The van der Waals surface area contributed by atoms with Crippen molar-refractivity contribution in [3.63, 3.8) is 0 Å². The Labute approximate surface area is 114 Å². The molecule has 0 aliphatic carbocycles. The minimum Gasteiger partial charge on any atom is -0.480 e. The van der Waals surface area contributed by atoms with Crippen LogP contribution in [0.15, 0.2) is 0 Å². The minimum atomic E-state index is -0.870. The molecule has 2 rings (SSSR count). The maximum atomic E-state index is 12.5. The largest absolute Gasteiger partial charge is 0.480 e. The van der Waals surface area contributed by atoms with Crippen molar-refractivity contribution in [2.75, 3.05) is 19.6 Å². The number of carboxylic acid groups (broad SMARTS) is 1. The molecule has 108 valence electrons. The van der Waals surface area contributed by atoms with E-state index in [1.165, 1.54) is 0 Å². The summed E-state index contributed by atoms with van der Waals surface area (Å²) in [7, 11) is 0. The van der Waals surface area contributed by atoms with Crippen LogP contribution in [-0.2, 0) is 4.79 Å². The molecule has 2 aliphatic heterocycles. The van der Waals surface area contributed by atoms with E-state index in [9.17, 15) is 14.7 Å². The van der Waals surface area contributed by atoms with E-state index in [1.54, 1.807) is 4.90 Å². The van der Waals surface area contributed by atoms with Gasteiger partial charge in [-0.3, -0.25) is 0 Å². The van der Waals surface area contributed by atoms with Gasteiger partial charge in [0.1, 0.15) is 6.04 Å². The van der Waals surface area contributed by atoms with Crippen molar-refractivity contribution in [1.82, 2.24) is 9.80 Å². The molecule has 0 radical (unpaired) electrons. The number of nitrogens with zero attached hydrogens (tertiary/aromatic N) is 2. The first kappa shape index (κ1) is 14.2. The number of carboxylic acids is 1. The molecule has 2 saturated heterocycles. The van der Waals surface area contributed by atoms with Crippen molar-refractivity contribution < 1.29 is 14.7 Å². The molecule has 0 spiro atoms. The van der Waals surface area contributed by atoms with E-state index in [2.05, 4.69) is 6.92 Å². The average molecular weight is 268 g/mol. The van der Waals surface area contributed by atoms with E-state index in [0.717, 1.165) is 38.8 Å². The monoisotopic (exact) mass is 268 g/mol. The van der Waals surface area contributed by atoms with Crippen molar-refractivity contribution >= 4 is 12.0 Å². The van der Waals surface area contributed by atoms with Crippen molar-refractivity contribution in [2.45, 2.75) is 45.6 Å². The molecule has 5 heteroatoms. The standard InChI is InChI=1S/C14H24N2O3/c1-10-5-3-7-15(9-10)14(19)16-8-4-6-11(2)12(16)13(17)18/h10-12H,3-9H2,1-2H3,(H,17,18). The van der Waals surface area contributed by atoms with Crippen LogP contribution in [0.3, 0.4) is 0 Å². The normalized spacial score (nSPS) is 32.2. The third kappa shape index (κ3) is 3.01. The number of carbonyl (C=O) groups excluding carboxylic acids is 1. The summed E-state index contributed by atoms with van der Waals surface area (Å²) in [6, 6.07) is -0.732. The zero-order chi connectivity index (χ0) is 14.0. The zero-order valence-electron chi connectivity index (χ0n) is 11.8. The summed E-state index contributed by atoms with van der Waals surface area (Å²) in [5, 5.41) is 9.37. The topological polar surface area (TPSA) is 60.9 Å². The number of piperidine rings is 2. The predicted octanol–water partition coefficient (Wildman–Crippen LogP) is 2.02. The van der Waals surface area contributed by atoms with Gasteiger partial charge in [0, 0.05) is 19.6 Å². The number of hydrogen-bond donors (Lipinski definition) is 1. The number of likely N-dealkylation sites (tertiary alicyclic amines) is 2. The van der Waals surface area contributed by atoms with Crippen LogP contribution in [-0.4, -0.2) is 52.6 Å². The van der Waals surface area contributed by atoms with Crippen molar-refractivity contribution in [1.29, 1.82) is 0 Å². The Kier molecular flexibility index (Phi) is 4.32. The molecular weight excluding hydrogens is 244 g/mol. The number of urea groups is 1. The number of carbonyl (C=O) groups is 2. The molecule has 3 atom stereocenters. The molecule has 0 saturated carbocycles.